The number of ether oxygens (including phenoxy) is 1. The second-order valence-corrected chi connectivity index (χ2v) is 7.47. The van der Waals surface area contributed by atoms with Crippen LogP contribution in [-0.4, -0.2) is 14.2 Å². The average Bonchev–Trinajstić information content (AvgIpc) is 2.93. The first-order valence-electron chi connectivity index (χ1n) is 7.97. The van der Waals surface area contributed by atoms with Crippen LogP contribution in [0.3, 0.4) is 0 Å². The Hall–Kier alpha value is -2.17. The van der Waals surface area contributed by atoms with Gasteiger partial charge in [-0.25, -0.2) is 0 Å². The summed E-state index contributed by atoms with van der Waals surface area (Å²) < 4.78 is 7.80. The molecule has 0 radical (unpaired) electrons. The zero-order valence-corrected chi connectivity index (χ0v) is 15.9. The van der Waals surface area contributed by atoms with Gasteiger partial charge in [-0.3, -0.25) is 0 Å². The monoisotopic (exact) mass is 369 g/mol. The number of pyridine rings is 1. The molecule has 0 amide bonds. The van der Waals surface area contributed by atoms with Gasteiger partial charge in [0.1, 0.15) is 12.8 Å². The molecule has 1 aliphatic rings. The fourth-order valence-electron chi connectivity index (χ4n) is 3.12. The standard InChI is InChI=1S/C20H18ClN2OS/c1-22-14(11-18(24-3)15-6-4-5-7-16(15)22)12-20-23(2)17-10-13(21)8-9-19(17)25-20/h4-12H,1-3H3/q+1. The van der Waals surface area contributed by atoms with Gasteiger partial charge in [-0.2, -0.15) is 4.57 Å². The van der Waals surface area contributed by atoms with Crippen molar-refractivity contribution in [3.63, 3.8) is 0 Å². The molecule has 1 aliphatic heterocycles. The maximum atomic E-state index is 6.15. The Morgan fingerprint density at radius 3 is 2.76 bits per heavy atom. The molecule has 3 nitrogen and oxygen atoms in total. The molecule has 0 fully saturated rings. The van der Waals surface area contributed by atoms with Crippen LogP contribution in [0.5, 0.6) is 5.75 Å². The first kappa shape index (κ1) is 16.3. The number of aromatic nitrogens is 1. The molecule has 0 N–H and O–H groups in total. The number of halogens is 1. The third-order valence-corrected chi connectivity index (χ3v) is 5.92. The van der Waals surface area contributed by atoms with Gasteiger partial charge in [0.15, 0.2) is 0 Å². The Bertz CT molecular complexity index is 1020. The molecule has 0 aliphatic carbocycles. The molecule has 3 aromatic rings. The maximum absolute atomic E-state index is 6.15. The summed E-state index contributed by atoms with van der Waals surface area (Å²) in [7, 11) is 5.87. The summed E-state index contributed by atoms with van der Waals surface area (Å²) in [6, 6.07) is 16.4. The van der Waals surface area contributed by atoms with E-state index in [1.165, 1.54) is 4.90 Å². The molecular weight excluding hydrogens is 352 g/mol. The van der Waals surface area contributed by atoms with Crippen LogP contribution in [0.15, 0.2) is 58.5 Å². The minimum Gasteiger partial charge on any atom is -0.496 e. The van der Waals surface area contributed by atoms with Crippen LogP contribution >= 0.6 is 23.4 Å². The molecule has 0 bridgehead atoms. The maximum Gasteiger partial charge on any atom is 0.216 e. The third kappa shape index (κ3) is 2.75. The first-order valence-corrected chi connectivity index (χ1v) is 9.16. The quantitative estimate of drug-likeness (QED) is 0.600. The molecule has 0 spiro atoms. The second kappa shape index (κ2) is 6.28. The van der Waals surface area contributed by atoms with E-state index in [-0.39, 0.29) is 0 Å². The summed E-state index contributed by atoms with van der Waals surface area (Å²) in [5, 5.41) is 3.02. The highest BCUT2D eigenvalue weighted by Crippen LogP contribution is 2.46. The van der Waals surface area contributed by atoms with Gasteiger partial charge in [-0.05, 0) is 24.3 Å². The van der Waals surface area contributed by atoms with E-state index >= 15 is 0 Å². The van der Waals surface area contributed by atoms with E-state index in [2.05, 4.69) is 53.9 Å². The molecule has 0 saturated carbocycles. The fourth-order valence-corrected chi connectivity index (χ4v) is 4.36. The molecule has 2 aromatic carbocycles. The highest BCUT2D eigenvalue weighted by atomic mass is 35.5. The number of rotatable bonds is 2. The molecule has 25 heavy (non-hydrogen) atoms. The minimum absolute atomic E-state index is 0.755. The Kier molecular flexibility index (Phi) is 4.10. The lowest BCUT2D eigenvalue weighted by molar-refractivity contribution is -0.646. The topological polar surface area (TPSA) is 16.4 Å². The van der Waals surface area contributed by atoms with Gasteiger partial charge in [0.05, 0.1) is 29.3 Å². The second-order valence-electron chi connectivity index (χ2n) is 5.97. The number of nitrogens with zero attached hydrogens (tertiary/aromatic N) is 2. The predicted octanol–water partition coefficient (Wildman–Crippen LogP) is 4.87. The summed E-state index contributed by atoms with van der Waals surface area (Å²) in [6.07, 6.45) is 2.19. The van der Waals surface area contributed by atoms with Crippen molar-refractivity contribution < 1.29 is 9.30 Å². The van der Waals surface area contributed by atoms with Crippen LogP contribution in [0.25, 0.3) is 17.0 Å². The van der Waals surface area contributed by atoms with Gasteiger partial charge in [0.2, 0.25) is 11.2 Å². The summed E-state index contributed by atoms with van der Waals surface area (Å²) >= 11 is 7.90. The molecule has 0 unspecified atom stereocenters. The summed E-state index contributed by atoms with van der Waals surface area (Å²) in [6.45, 7) is 0. The van der Waals surface area contributed by atoms with Gasteiger partial charge in [-0.15, -0.1) is 0 Å². The normalized spacial score (nSPS) is 15.0. The Morgan fingerprint density at radius 2 is 1.96 bits per heavy atom. The van der Waals surface area contributed by atoms with Gasteiger partial charge in [-0.1, -0.05) is 35.5 Å². The SMILES string of the molecule is COc1cc(/C=C2\Sc3ccc(Cl)cc3N2C)[n+](C)c2ccccc12. The largest absolute Gasteiger partial charge is 0.496 e. The van der Waals surface area contributed by atoms with E-state index in [1.807, 2.05) is 24.3 Å². The van der Waals surface area contributed by atoms with Crippen LogP contribution in [0.4, 0.5) is 5.69 Å². The van der Waals surface area contributed by atoms with E-state index in [0.717, 1.165) is 38.1 Å². The van der Waals surface area contributed by atoms with Crippen molar-refractivity contribution in [2.75, 3.05) is 19.1 Å². The van der Waals surface area contributed by atoms with E-state index in [1.54, 1.807) is 18.9 Å². The van der Waals surface area contributed by atoms with Crippen molar-refractivity contribution in [2.24, 2.45) is 7.05 Å². The fraction of sp³-hybridized carbons (Fsp3) is 0.150. The van der Waals surface area contributed by atoms with Crippen molar-refractivity contribution in [3.8, 4) is 5.75 Å². The minimum atomic E-state index is 0.755. The van der Waals surface area contributed by atoms with Crippen LogP contribution in [0.1, 0.15) is 5.69 Å². The Morgan fingerprint density at radius 1 is 1.16 bits per heavy atom. The first-order chi connectivity index (χ1) is 12.1. The lowest BCUT2D eigenvalue weighted by atomic mass is 10.1. The van der Waals surface area contributed by atoms with Crippen LogP contribution in [0, 0.1) is 0 Å². The molecule has 1 aromatic heterocycles. The van der Waals surface area contributed by atoms with E-state index in [0.29, 0.717) is 0 Å². The highest BCUT2D eigenvalue weighted by Gasteiger charge is 2.24. The number of hydrogen-bond donors (Lipinski definition) is 0. The molecule has 0 atom stereocenters. The zero-order chi connectivity index (χ0) is 17.6. The van der Waals surface area contributed by atoms with E-state index in [9.17, 15) is 0 Å². The number of aryl methyl sites for hydroxylation is 1. The van der Waals surface area contributed by atoms with Crippen molar-refractivity contribution in [1.82, 2.24) is 0 Å². The third-order valence-electron chi connectivity index (χ3n) is 4.52. The number of para-hydroxylation sites is 1. The number of anilines is 1. The summed E-state index contributed by atoms with van der Waals surface area (Å²) in [4.78, 5) is 3.39. The number of hydrogen-bond acceptors (Lipinski definition) is 3. The summed E-state index contributed by atoms with van der Waals surface area (Å²) in [5.74, 6) is 0.881. The van der Waals surface area contributed by atoms with Crippen LogP contribution in [-0.2, 0) is 7.05 Å². The van der Waals surface area contributed by atoms with Crippen LogP contribution < -0.4 is 14.2 Å². The zero-order valence-electron chi connectivity index (χ0n) is 14.3. The molecule has 0 saturated heterocycles. The van der Waals surface area contributed by atoms with Crippen molar-refractivity contribution in [1.29, 1.82) is 0 Å². The van der Waals surface area contributed by atoms with Crippen LogP contribution in [0.2, 0.25) is 5.02 Å². The van der Waals surface area contributed by atoms with Gasteiger partial charge >= 0.3 is 0 Å². The van der Waals surface area contributed by atoms with Gasteiger partial charge < -0.3 is 9.64 Å². The molecule has 126 valence electrons. The number of thioether (sulfide) groups is 1. The average molecular weight is 370 g/mol. The highest BCUT2D eigenvalue weighted by molar-refractivity contribution is 8.03. The van der Waals surface area contributed by atoms with Crippen molar-refractivity contribution >= 4 is 46.0 Å². The number of methoxy groups -OCH3 is 1. The van der Waals surface area contributed by atoms with Crippen molar-refractivity contribution in [2.45, 2.75) is 4.90 Å². The van der Waals surface area contributed by atoms with E-state index in [4.69, 9.17) is 16.3 Å². The number of benzene rings is 2. The molecular formula is C20H18ClN2OS+. The lowest BCUT2D eigenvalue weighted by Gasteiger charge is -2.13. The smallest absolute Gasteiger partial charge is 0.216 e. The summed E-state index contributed by atoms with van der Waals surface area (Å²) in [5.41, 5.74) is 3.36. The van der Waals surface area contributed by atoms with Gasteiger partial charge in [0, 0.05) is 29.1 Å². The Labute approximate surface area is 156 Å². The lowest BCUT2D eigenvalue weighted by Crippen LogP contribution is -2.33. The molecule has 4 rings (SSSR count). The van der Waals surface area contributed by atoms with E-state index < -0.39 is 0 Å². The molecule has 2 heterocycles. The number of fused-ring (bicyclic) bond motifs is 2. The Balaban J connectivity index is 1.84. The molecule has 5 heteroatoms. The van der Waals surface area contributed by atoms with Gasteiger partial charge in [0.25, 0.3) is 0 Å². The van der Waals surface area contributed by atoms with Crippen molar-refractivity contribution in [3.05, 3.63) is 64.3 Å². The predicted molar refractivity (Wildman–Crippen MR) is 105 cm³/mol.